The molecule has 18 heavy (non-hydrogen) atoms. The summed E-state index contributed by atoms with van der Waals surface area (Å²) in [5, 5.41) is 20.7. The van der Waals surface area contributed by atoms with Gasteiger partial charge in [-0.25, -0.2) is 0 Å². The van der Waals surface area contributed by atoms with Crippen LogP contribution in [0.15, 0.2) is 0 Å². The third-order valence-corrected chi connectivity index (χ3v) is 4.79. The topological polar surface area (TPSA) is 49.7 Å². The van der Waals surface area contributed by atoms with Crippen LogP contribution in [-0.2, 0) is 4.74 Å². The van der Waals surface area contributed by atoms with Gasteiger partial charge >= 0.3 is 0 Å². The molecule has 106 valence electrons. The second-order valence-electron chi connectivity index (χ2n) is 6.37. The standard InChI is InChI=1S/C15H28O3/c1-12-7-9-15(17,10-8-12)14(16)6-2-4-13-5-3-11-18-13/h12-14,16-17H,2-11H2,1H3. The molecule has 0 bridgehead atoms. The van der Waals surface area contributed by atoms with Gasteiger partial charge in [0.1, 0.15) is 0 Å². The third-order valence-electron chi connectivity index (χ3n) is 4.79. The lowest BCUT2D eigenvalue weighted by Crippen LogP contribution is -2.45. The predicted octanol–water partition coefficient (Wildman–Crippen LogP) is 2.64. The molecule has 1 heterocycles. The Kier molecular flexibility index (Phi) is 5.05. The monoisotopic (exact) mass is 256 g/mol. The maximum atomic E-state index is 10.5. The van der Waals surface area contributed by atoms with Gasteiger partial charge in [0.25, 0.3) is 0 Å². The van der Waals surface area contributed by atoms with Crippen LogP contribution in [-0.4, -0.2) is 34.6 Å². The Bertz CT molecular complexity index is 240. The van der Waals surface area contributed by atoms with Crippen molar-refractivity contribution in [1.29, 1.82) is 0 Å². The molecule has 3 nitrogen and oxygen atoms in total. The third kappa shape index (κ3) is 3.69. The number of ether oxygens (including phenoxy) is 1. The predicted molar refractivity (Wildman–Crippen MR) is 71.4 cm³/mol. The summed E-state index contributed by atoms with van der Waals surface area (Å²) in [5.41, 5.74) is -0.816. The molecule has 2 unspecified atom stereocenters. The minimum absolute atomic E-state index is 0.401. The van der Waals surface area contributed by atoms with Crippen LogP contribution in [0.1, 0.15) is 64.7 Å². The molecule has 2 rings (SSSR count). The van der Waals surface area contributed by atoms with E-state index in [9.17, 15) is 10.2 Å². The number of hydrogen-bond acceptors (Lipinski definition) is 3. The average molecular weight is 256 g/mol. The fourth-order valence-electron chi connectivity index (χ4n) is 3.27. The Hall–Kier alpha value is -0.120. The summed E-state index contributed by atoms with van der Waals surface area (Å²) in [6.07, 6.45) is 8.50. The van der Waals surface area contributed by atoms with Crippen LogP contribution < -0.4 is 0 Å². The zero-order chi connectivity index (χ0) is 13.0. The van der Waals surface area contributed by atoms with Crippen molar-refractivity contribution in [3.05, 3.63) is 0 Å². The normalized spacial score (nSPS) is 38.8. The van der Waals surface area contributed by atoms with Crippen LogP contribution in [0.3, 0.4) is 0 Å². The Morgan fingerprint density at radius 1 is 1.28 bits per heavy atom. The van der Waals surface area contributed by atoms with Crippen molar-refractivity contribution in [2.75, 3.05) is 6.61 Å². The molecule has 0 amide bonds. The summed E-state index contributed by atoms with van der Waals surface area (Å²) in [7, 11) is 0. The summed E-state index contributed by atoms with van der Waals surface area (Å²) in [6, 6.07) is 0. The molecule has 1 aliphatic heterocycles. The van der Waals surface area contributed by atoms with Crippen molar-refractivity contribution in [2.24, 2.45) is 5.92 Å². The van der Waals surface area contributed by atoms with Crippen molar-refractivity contribution >= 4 is 0 Å². The minimum Gasteiger partial charge on any atom is -0.390 e. The second kappa shape index (κ2) is 6.36. The molecule has 2 aliphatic rings. The highest BCUT2D eigenvalue weighted by Crippen LogP contribution is 2.35. The lowest BCUT2D eigenvalue weighted by Gasteiger charge is -2.38. The van der Waals surface area contributed by atoms with Gasteiger partial charge in [-0.1, -0.05) is 6.92 Å². The molecule has 1 saturated heterocycles. The summed E-state index contributed by atoms with van der Waals surface area (Å²) in [4.78, 5) is 0. The number of hydrogen-bond donors (Lipinski definition) is 2. The van der Waals surface area contributed by atoms with Crippen molar-refractivity contribution in [3.8, 4) is 0 Å². The zero-order valence-electron chi connectivity index (χ0n) is 11.6. The van der Waals surface area contributed by atoms with E-state index >= 15 is 0 Å². The van der Waals surface area contributed by atoms with Gasteiger partial charge in [0.2, 0.25) is 0 Å². The number of rotatable bonds is 5. The molecule has 0 aromatic carbocycles. The van der Waals surface area contributed by atoms with E-state index in [1.165, 1.54) is 6.42 Å². The van der Waals surface area contributed by atoms with Gasteiger partial charge in [-0.15, -0.1) is 0 Å². The SMILES string of the molecule is CC1CCC(O)(C(O)CCCC2CCCO2)CC1. The van der Waals surface area contributed by atoms with Gasteiger partial charge in [0.05, 0.1) is 17.8 Å². The first-order valence-corrected chi connectivity index (χ1v) is 7.62. The van der Waals surface area contributed by atoms with Gasteiger partial charge in [-0.05, 0) is 63.7 Å². The highest BCUT2D eigenvalue weighted by atomic mass is 16.5. The molecule has 2 atom stereocenters. The molecule has 0 aromatic rings. The van der Waals surface area contributed by atoms with Crippen molar-refractivity contribution in [2.45, 2.75) is 82.5 Å². The molecule has 0 aromatic heterocycles. The van der Waals surface area contributed by atoms with Gasteiger partial charge in [-0.3, -0.25) is 0 Å². The highest BCUT2D eigenvalue weighted by molar-refractivity contribution is 4.90. The first-order valence-electron chi connectivity index (χ1n) is 7.62. The van der Waals surface area contributed by atoms with E-state index < -0.39 is 11.7 Å². The molecular weight excluding hydrogens is 228 g/mol. The van der Waals surface area contributed by atoms with Gasteiger partial charge in [0.15, 0.2) is 0 Å². The summed E-state index contributed by atoms with van der Waals surface area (Å²) < 4.78 is 5.58. The van der Waals surface area contributed by atoms with E-state index in [0.29, 0.717) is 18.4 Å². The summed E-state index contributed by atoms with van der Waals surface area (Å²) in [5.74, 6) is 0.698. The van der Waals surface area contributed by atoms with E-state index in [-0.39, 0.29) is 0 Å². The number of aliphatic hydroxyl groups is 2. The largest absolute Gasteiger partial charge is 0.390 e. The molecule has 2 N–H and O–H groups in total. The quantitative estimate of drug-likeness (QED) is 0.795. The van der Waals surface area contributed by atoms with Gasteiger partial charge < -0.3 is 14.9 Å². The lowest BCUT2D eigenvalue weighted by atomic mass is 9.75. The van der Waals surface area contributed by atoms with Crippen LogP contribution in [0.4, 0.5) is 0 Å². The minimum atomic E-state index is -0.816. The highest BCUT2D eigenvalue weighted by Gasteiger charge is 2.38. The van der Waals surface area contributed by atoms with Crippen LogP contribution >= 0.6 is 0 Å². The van der Waals surface area contributed by atoms with Crippen LogP contribution in [0.5, 0.6) is 0 Å². The smallest absolute Gasteiger partial charge is 0.0905 e. The van der Waals surface area contributed by atoms with E-state index in [1.807, 2.05) is 0 Å². The van der Waals surface area contributed by atoms with Crippen molar-refractivity contribution in [3.63, 3.8) is 0 Å². The Balaban J connectivity index is 1.68. The first kappa shape index (κ1) is 14.3. The molecule has 3 heteroatoms. The van der Waals surface area contributed by atoms with Crippen LogP contribution in [0, 0.1) is 5.92 Å². The maximum Gasteiger partial charge on any atom is 0.0905 e. The van der Waals surface area contributed by atoms with Crippen LogP contribution in [0.2, 0.25) is 0 Å². The molecule has 0 spiro atoms. The Morgan fingerprint density at radius 2 is 2.00 bits per heavy atom. The fraction of sp³-hybridized carbons (Fsp3) is 1.00. The van der Waals surface area contributed by atoms with E-state index in [1.54, 1.807) is 0 Å². The average Bonchev–Trinajstić information content (AvgIpc) is 2.86. The molecular formula is C15H28O3. The Morgan fingerprint density at radius 3 is 2.61 bits per heavy atom. The van der Waals surface area contributed by atoms with E-state index in [4.69, 9.17) is 4.74 Å². The van der Waals surface area contributed by atoms with Gasteiger partial charge in [-0.2, -0.15) is 0 Å². The molecule has 1 aliphatic carbocycles. The molecule has 2 fully saturated rings. The van der Waals surface area contributed by atoms with Crippen LogP contribution in [0.25, 0.3) is 0 Å². The lowest BCUT2D eigenvalue weighted by molar-refractivity contribution is -0.106. The molecule has 1 saturated carbocycles. The van der Waals surface area contributed by atoms with Crippen molar-refractivity contribution < 1.29 is 14.9 Å². The second-order valence-corrected chi connectivity index (χ2v) is 6.37. The zero-order valence-corrected chi connectivity index (χ0v) is 11.6. The van der Waals surface area contributed by atoms with E-state index in [0.717, 1.165) is 51.6 Å². The maximum absolute atomic E-state index is 10.5. The Labute approximate surface area is 111 Å². The fourth-order valence-corrected chi connectivity index (χ4v) is 3.27. The number of aliphatic hydroxyl groups excluding tert-OH is 1. The summed E-state index contributed by atoms with van der Waals surface area (Å²) in [6.45, 7) is 3.12. The van der Waals surface area contributed by atoms with Crippen molar-refractivity contribution in [1.82, 2.24) is 0 Å². The van der Waals surface area contributed by atoms with Gasteiger partial charge in [0, 0.05) is 6.61 Å². The molecule has 0 radical (unpaired) electrons. The van der Waals surface area contributed by atoms with E-state index in [2.05, 4.69) is 6.92 Å². The first-order chi connectivity index (χ1) is 8.60. The summed E-state index contributed by atoms with van der Waals surface area (Å²) >= 11 is 0.